The van der Waals surface area contributed by atoms with Gasteiger partial charge in [-0.25, -0.2) is 0 Å². The Hall–Kier alpha value is -1.10. The van der Waals surface area contributed by atoms with E-state index in [4.69, 9.17) is 9.47 Å². The van der Waals surface area contributed by atoms with Crippen LogP contribution in [-0.4, -0.2) is 50.2 Å². The van der Waals surface area contributed by atoms with Gasteiger partial charge in [0, 0.05) is 6.42 Å². The summed E-state index contributed by atoms with van der Waals surface area (Å²) in [4.78, 5) is 27.2. The topological polar surface area (TPSA) is 55.8 Å². The molecule has 39 heavy (non-hydrogen) atoms. The number of esters is 2. The van der Waals surface area contributed by atoms with Gasteiger partial charge in [0.1, 0.15) is 12.7 Å². The molecule has 0 radical (unpaired) electrons. The van der Waals surface area contributed by atoms with Crippen molar-refractivity contribution >= 4 is 11.9 Å². The first-order valence-corrected chi connectivity index (χ1v) is 16.9. The number of carbonyl (C=O) groups is 2. The fraction of sp³-hybridized carbons (Fsp3) is 0.941. The van der Waals surface area contributed by atoms with Gasteiger partial charge in [0.05, 0.1) is 5.92 Å². The highest BCUT2D eigenvalue weighted by Gasteiger charge is 2.20. The molecule has 2 atom stereocenters. The Morgan fingerprint density at radius 1 is 0.615 bits per heavy atom. The summed E-state index contributed by atoms with van der Waals surface area (Å²) in [5.74, 6) is -0.398. The highest BCUT2D eigenvalue weighted by molar-refractivity contribution is 5.72. The maximum Gasteiger partial charge on any atom is 0.308 e. The van der Waals surface area contributed by atoms with Gasteiger partial charge in [-0.3, -0.25) is 9.59 Å². The smallest absolute Gasteiger partial charge is 0.308 e. The van der Waals surface area contributed by atoms with Crippen molar-refractivity contribution in [2.45, 2.75) is 175 Å². The molecule has 0 aromatic rings. The average molecular weight is 554 g/mol. The molecule has 0 aliphatic rings. The lowest BCUT2D eigenvalue weighted by molar-refractivity contribution is -0.161. The first-order chi connectivity index (χ1) is 18.9. The van der Waals surface area contributed by atoms with Crippen molar-refractivity contribution in [1.29, 1.82) is 0 Å². The number of ether oxygens (including phenoxy) is 2. The van der Waals surface area contributed by atoms with Gasteiger partial charge >= 0.3 is 11.9 Å². The maximum atomic E-state index is 12.6. The molecule has 0 spiro atoms. The number of rotatable bonds is 29. The molecule has 0 aromatic carbocycles. The normalized spacial score (nSPS) is 13.0. The van der Waals surface area contributed by atoms with Gasteiger partial charge in [-0.1, -0.05) is 130 Å². The number of unbranched alkanes of at least 4 members (excludes halogenated alkanes) is 17. The van der Waals surface area contributed by atoms with Gasteiger partial charge in [-0.2, -0.15) is 0 Å². The van der Waals surface area contributed by atoms with Gasteiger partial charge in [0.25, 0.3) is 0 Å². The van der Waals surface area contributed by atoms with E-state index < -0.39 is 0 Å². The first kappa shape index (κ1) is 37.9. The molecule has 0 aliphatic heterocycles. The lowest BCUT2D eigenvalue weighted by Gasteiger charge is -2.19. The summed E-state index contributed by atoms with van der Waals surface area (Å²) in [6.45, 7) is 7.65. The molecule has 0 saturated heterocycles. The quantitative estimate of drug-likeness (QED) is 0.0681. The molecular formula is C34H67NO4. The zero-order valence-electron chi connectivity index (χ0n) is 26.9. The fourth-order valence-corrected chi connectivity index (χ4v) is 5.00. The van der Waals surface area contributed by atoms with Crippen LogP contribution in [0.3, 0.4) is 0 Å². The molecule has 0 N–H and O–H groups in total. The number of carbonyl (C=O) groups excluding carboxylic acids is 2. The summed E-state index contributed by atoms with van der Waals surface area (Å²) in [5, 5.41) is 0. The van der Waals surface area contributed by atoms with E-state index in [-0.39, 0.29) is 30.6 Å². The zero-order chi connectivity index (χ0) is 29.0. The zero-order valence-corrected chi connectivity index (χ0v) is 26.9. The molecule has 0 bridgehead atoms. The average Bonchev–Trinajstić information content (AvgIpc) is 2.91. The standard InChI is InChI=1S/C34H67NO4/c1-6-8-10-12-14-15-16-17-19-20-22-26-31(3)34(37)38-30-32(27-23-21-18-13-11-9-7-2)39-33(36)28-24-25-29-35(4)5/h31-32H,6-30H2,1-5H3. The van der Waals surface area contributed by atoms with Crippen molar-refractivity contribution in [3.05, 3.63) is 0 Å². The molecular weight excluding hydrogens is 486 g/mol. The molecule has 0 saturated carbocycles. The van der Waals surface area contributed by atoms with Gasteiger partial charge in [-0.05, 0) is 52.7 Å². The molecule has 0 rings (SSSR count). The van der Waals surface area contributed by atoms with Crippen LogP contribution in [0.1, 0.15) is 168 Å². The molecule has 0 aromatic heterocycles. The second-order valence-electron chi connectivity index (χ2n) is 12.1. The Bertz CT molecular complexity index is 551. The number of hydrogen-bond acceptors (Lipinski definition) is 5. The van der Waals surface area contributed by atoms with Crippen molar-refractivity contribution in [2.24, 2.45) is 5.92 Å². The van der Waals surface area contributed by atoms with E-state index in [2.05, 4.69) is 18.7 Å². The molecule has 232 valence electrons. The van der Waals surface area contributed by atoms with E-state index in [0.29, 0.717) is 6.42 Å². The van der Waals surface area contributed by atoms with Gasteiger partial charge in [0.2, 0.25) is 0 Å². The molecule has 0 aliphatic carbocycles. The first-order valence-electron chi connectivity index (χ1n) is 16.9. The number of nitrogens with zero attached hydrogens (tertiary/aromatic N) is 1. The maximum absolute atomic E-state index is 12.6. The molecule has 0 fully saturated rings. The second kappa shape index (κ2) is 28.4. The summed E-state index contributed by atoms with van der Waals surface area (Å²) in [6, 6.07) is 0. The van der Waals surface area contributed by atoms with Crippen LogP contribution in [-0.2, 0) is 19.1 Å². The third kappa shape index (κ3) is 26.9. The van der Waals surface area contributed by atoms with E-state index >= 15 is 0 Å². The predicted molar refractivity (Wildman–Crippen MR) is 166 cm³/mol. The van der Waals surface area contributed by atoms with Crippen LogP contribution >= 0.6 is 0 Å². The number of hydrogen-bond donors (Lipinski definition) is 0. The van der Waals surface area contributed by atoms with Crippen molar-refractivity contribution in [3.8, 4) is 0 Å². The Labute approximate surface area is 243 Å². The minimum Gasteiger partial charge on any atom is -0.462 e. The van der Waals surface area contributed by atoms with Crippen molar-refractivity contribution in [2.75, 3.05) is 27.2 Å². The largest absolute Gasteiger partial charge is 0.462 e. The van der Waals surface area contributed by atoms with Crippen LogP contribution in [0.25, 0.3) is 0 Å². The fourth-order valence-electron chi connectivity index (χ4n) is 5.00. The highest BCUT2D eigenvalue weighted by Crippen LogP contribution is 2.17. The van der Waals surface area contributed by atoms with E-state index in [1.807, 2.05) is 21.0 Å². The summed E-state index contributed by atoms with van der Waals surface area (Å²) < 4.78 is 11.4. The summed E-state index contributed by atoms with van der Waals surface area (Å²) in [5.41, 5.74) is 0. The highest BCUT2D eigenvalue weighted by atomic mass is 16.6. The molecule has 5 nitrogen and oxygen atoms in total. The van der Waals surface area contributed by atoms with Gasteiger partial charge in [-0.15, -0.1) is 0 Å². The van der Waals surface area contributed by atoms with Crippen molar-refractivity contribution in [1.82, 2.24) is 4.90 Å². The minimum absolute atomic E-state index is 0.0930. The SMILES string of the molecule is CCCCCCCCCCCCCC(C)C(=O)OCC(CCCCCCCCC)OC(=O)CCCCN(C)C. The minimum atomic E-state index is -0.319. The molecule has 5 heteroatoms. The van der Waals surface area contributed by atoms with Gasteiger partial charge < -0.3 is 14.4 Å². The Balaban J connectivity index is 4.21. The van der Waals surface area contributed by atoms with Crippen LogP contribution in [0.4, 0.5) is 0 Å². The van der Waals surface area contributed by atoms with Crippen LogP contribution in [0.2, 0.25) is 0 Å². The molecule has 0 amide bonds. The van der Waals surface area contributed by atoms with E-state index in [0.717, 1.165) is 51.5 Å². The van der Waals surface area contributed by atoms with Crippen LogP contribution in [0, 0.1) is 5.92 Å². The third-order valence-corrected chi connectivity index (χ3v) is 7.72. The lowest BCUT2D eigenvalue weighted by Crippen LogP contribution is -2.27. The van der Waals surface area contributed by atoms with E-state index in [9.17, 15) is 9.59 Å². The summed E-state index contributed by atoms with van der Waals surface area (Å²) >= 11 is 0. The second-order valence-corrected chi connectivity index (χ2v) is 12.1. The summed E-state index contributed by atoms with van der Waals surface area (Å²) in [7, 11) is 4.09. The van der Waals surface area contributed by atoms with E-state index in [1.165, 1.54) is 96.3 Å². The Morgan fingerprint density at radius 2 is 1.08 bits per heavy atom. The van der Waals surface area contributed by atoms with Crippen molar-refractivity contribution in [3.63, 3.8) is 0 Å². The Morgan fingerprint density at radius 3 is 1.56 bits per heavy atom. The van der Waals surface area contributed by atoms with Crippen molar-refractivity contribution < 1.29 is 19.1 Å². The van der Waals surface area contributed by atoms with Crippen LogP contribution in [0.5, 0.6) is 0 Å². The van der Waals surface area contributed by atoms with Gasteiger partial charge in [0.15, 0.2) is 0 Å². The Kier molecular flexibility index (Phi) is 27.6. The molecule has 2 unspecified atom stereocenters. The molecule has 0 heterocycles. The third-order valence-electron chi connectivity index (χ3n) is 7.72. The van der Waals surface area contributed by atoms with E-state index in [1.54, 1.807) is 0 Å². The van der Waals surface area contributed by atoms with Crippen LogP contribution < -0.4 is 0 Å². The lowest BCUT2D eigenvalue weighted by atomic mass is 10.0. The summed E-state index contributed by atoms with van der Waals surface area (Å²) in [6.07, 6.45) is 26.5. The predicted octanol–water partition coefficient (Wildman–Crippen LogP) is 9.65. The van der Waals surface area contributed by atoms with Crippen LogP contribution in [0.15, 0.2) is 0 Å². The monoisotopic (exact) mass is 554 g/mol.